The van der Waals surface area contributed by atoms with Gasteiger partial charge in [0.1, 0.15) is 8.51 Å². The highest BCUT2D eigenvalue weighted by Crippen LogP contribution is 2.39. The molecule has 0 atom stereocenters. The van der Waals surface area contributed by atoms with Gasteiger partial charge in [0, 0.05) is 12.1 Å². The van der Waals surface area contributed by atoms with Gasteiger partial charge in [-0.2, -0.15) is 0 Å². The maximum absolute atomic E-state index is 4.22. The van der Waals surface area contributed by atoms with Gasteiger partial charge < -0.3 is 4.75 Å². The Bertz CT molecular complexity index is 167. The lowest BCUT2D eigenvalue weighted by atomic mass is 10.3. The Kier molecular flexibility index (Phi) is 0.879. The van der Waals surface area contributed by atoms with E-state index in [1.165, 1.54) is 18.5 Å². The van der Waals surface area contributed by atoms with E-state index in [9.17, 15) is 0 Å². The molecule has 1 saturated carbocycles. The summed E-state index contributed by atoms with van der Waals surface area (Å²) in [5.74, 6) is 0.817. The molecule has 1 aliphatic carbocycles. The second kappa shape index (κ2) is 1.56. The summed E-state index contributed by atoms with van der Waals surface area (Å²) >= 11 is 0. The van der Waals surface area contributed by atoms with Crippen molar-refractivity contribution in [2.24, 2.45) is 0 Å². The summed E-state index contributed by atoms with van der Waals surface area (Å²) in [7, 11) is 1.02. The minimum Gasteiger partial charge on any atom is -0.328 e. The summed E-state index contributed by atoms with van der Waals surface area (Å²) in [5.41, 5.74) is 1.28. The number of hydrogen-bond acceptors (Lipinski definition) is 1. The van der Waals surface area contributed by atoms with Crippen LogP contribution in [0.4, 0.5) is 0 Å². The molecule has 2 rings (SSSR count). The maximum atomic E-state index is 4.22. The first-order valence-electron chi connectivity index (χ1n) is 2.83. The highest BCUT2D eigenvalue weighted by atomic mass is 31.1. The van der Waals surface area contributed by atoms with Crippen LogP contribution < -0.4 is 0 Å². The van der Waals surface area contributed by atoms with Crippen molar-refractivity contribution in [3.63, 3.8) is 0 Å². The molecule has 0 amide bonds. The molecule has 42 valence electrons. The van der Waals surface area contributed by atoms with E-state index in [-0.39, 0.29) is 0 Å². The minimum absolute atomic E-state index is 0.817. The Labute approximate surface area is 49.6 Å². The molecule has 0 spiro atoms. The summed E-state index contributed by atoms with van der Waals surface area (Å²) in [6, 6.07) is 0. The lowest BCUT2D eigenvalue weighted by Gasteiger charge is -1.80. The van der Waals surface area contributed by atoms with E-state index >= 15 is 0 Å². The summed E-state index contributed by atoms with van der Waals surface area (Å²) in [5, 5.41) is 0. The number of H-pyrrole nitrogens is 1. The highest BCUT2D eigenvalue weighted by molar-refractivity contribution is 7.20. The molecule has 1 aliphatic rings. The number of nitrogens with one attached hydrogen (secondary N) is 1. The fourth-order valence-corrected chi connectivity index (χ4v) is 1.37. The highest BCUT2D eigenvalue weighted by Gasteiger charge is 2.24. The molecule has 1 aromatic rings. The molecule has 1 aromatic heterocycles. The Morgan fingerprint density at radius 1 is 1.75 bits per heavy atom. The lowest BCUT2D eigenvalue weighted by molar-refractivity contribution is 1.07. The van der Waals surface area contributed by atoms with Gasteiger partial charge >= 0.3 is 0 Å². The van der Waals surface area contributed by atoms with Gasteiger partial charge in [-0.05, 0) is 12.8 Å². The first-order chi connectivity index (χ1) is 3.97. The SMILES string of the molecule is c1[nH]pnc1C1CC1. The summed E-state index contributed by atoms with van der Waals surface area (Å²) in [6.45, 7) is 0. The van der Waals surface area contributed by atoms with Gasteiger partial charge in [-0.3, -0.25) is 0 Å². The van der Waals surface area contributed by atoms with Crippen molar-refractivity contribution < 1.29 is 0 Å². The fourth-order valence-electron chi connectivity index (χ4n) is 0.789. The molecular weight excluding hydrogens is 119 g/mol. The fraction of sp³-hybridized carbons (Fsp3) is 0.600. The van der Waals surface area contributed by atoms with Gasteiger partial charge in [-0.1, -0.05) is 0 Å². The molecule has 1 heterocycles. The third-order valence-corrected chi connectivity index (χ3v) is 2.01. The predicted molar refractivity (Wildman–Crippen MR) is 33.1 cm³/mol. The summed E-state index contributed by atoms with van der Waals surface area (Å²) in [4.78, 5) is 0. The van der Waals surface area contributed by atoms with E-state index in [4.69, 9.17) is 0 Å². The first-order valence-corrected chi connectivity index (χ1v) is 3.68. The number of nitrogens with zero attached hydrogens (tertiary/aromatic N) is 1. The van der Waals surface area contributed by atoms with Crippen LogP contribution in [-0.2, 0) is 0 Å². The van der Waals surface area contributed by atoms with Crippen LogP contribution in [0.1, 0.15) is 24.5 Å². The number of hydrogen-bond donors (Lipinski definition) is 1. The summed E-state index contributed by atoms with van der Waals surface area (Å²) in [6.07, 6.45) is 4.73. The van der Waals surface area contributed by atoms with E-state index < -0.39 is 0 Å². The van der Waals surface area contributed by atoms with Gasteiger partial charge in [0.15, 0.2) is 0 Å². The average Bonchev–Trinajstić information content (AvgIpc) is 2.49. The quantitative estimate of drug-likeness (QED) is 0.611. The largest absolute Gasteiger partial charge is 0.328 e. The van der Waals surface area contributed by atoms with Crippen LogP contribution in [-0.4, -0.2) is 9.49 Å². The van der Waals surface area contributed by atoms with E-state index in [1.54, 1.807) is 0 Å². The zero-order valence-corrected chi connectivity index (χ0v) is 5.36. The molecular formula is C5H7N2P. The van der Waals surface area contributed by atoms with Crippen LogP contribution in [0.25, 0.3) is 0 Å². The van der Waals surface area contributed by atoms with E-state index in [1.807, 2.05) is 6.20 Å². The predicted octanol–water partition coefficient (Wildman–Crippen LogP) is 1.87. The van der Waals surface area contributed by atoms with E-state index in [0.717, 1.165) is 14.4 Å². The second-order valence-corrected chi connectivity index (χ2v) is 2.83. The molecule has 2 nitrogen and oxygen atoms in total. The minimum atomic E-state index is 0.817. The lowest BCUT2D eigenvalue weighted by Crippen LogP contribution is -1.72. The van der Waals surface area contributed by atoms with E-state index in [2.05, 4.69) is 9.49 Å². The Morgan fingerprint density at radius 3 is 3.12 bits per heavy atom. The van der Waals surface area contributed by atoms with Crippen molar-refractivity contribution in [2.75, 3.05) is 0 Å². The molecule has 3 heteroatoms. The molecule has 0 saturated heterocycles. The topological polar surface area (TPSA) is 28.7 Å². The molecule has 0 radical (unpaired) electrons. The zero-order valence-electron chi connectivity index (χ0n) is 4.46. The number of aromatic amines is 1. The third-order valence-electron chi connectivity index (χ3n) is 1.43. The average molecular weight is 126 g/mol. The normalized spacial score (nSPS) is 20.0. The van der Waals surface area contributed by atoms with Crippen LogP contribution in [0.2, 0.25) is 0 Å². The monoisotopic (exact) mass is 126 g/mol. The van der Waals surface area contributed by atoms with Crippen LogP contribution in [0.3, 0.4) is 0 Å². The Hall–Kier alpha value is -0.360. The first kappa shape index (κ1) is 4.51. The molecule has 0 bridgehead atoms. The maximum Gasteiger partial charge on any atom is 0.129 e. The van der Waals surface area contributed by atoms with Gasteiger partial charge in [0.25, 0.3) is 0 Å². The van der Waals surface area contributed by atoms with Gasteiger partial charge in [0.05, 0.1) is 5.69 Å². The zero-order chi connectivity index (χ0) is 5.40. The molecule has 8 heavy (non-hydrogen) atoms. The second-order valence-electron chi connectivity index (χ2n) is 2.17. The molecule has 1 N–H and O–H groups in total. The molecule has 0 aliphatic heterocycles. The Morgan fingerprint density at radius 2 is 2.62 bits per heavy atom. The third kappa shape index (κ3) is 0.653. The van der Waals surface area contributed by atoms with Crippen molar-refractivity contribution in [3.05, 3.63) is 11.9 Å². The van der Waals surface area contributed by atoms with Gasteiger partial charge in [-0.15, -0.1) is 0 Å². The molecule has 1 fully saturated rings. The van der Waals surface area contributed by atoms with E-state index in [0.29, 0.717) is 0 Å². The van der Waals surface area contributed by atoms with Gasteiger partial charge in [0.2, 0.25) is 0 Å². The molecule has 0 unspecified atom stereocenters. The number of rotatable bonds is 1. The van der Waals surface area contributed by atoms with Crippen molar-refractivity contribution in [3.8, 4) is 0 Å². The molecule has 0 aromatic carbocycles. The van der Waals surface area contributed by atoms with Crippen molar-refractivity contribution in [2.45, 2.75) is 18.8 Å². The van der Waals surface area contributed by atoms with Gasteiger partial charge in [-0.25, -0.2) is 4.75 Å². The van der Waals surface area contributed by atoms with Crippen LogP contribution >= 0.6 is 8.51 Å². The number of aromatic nitrogens is 2. The van der Waals surface area contributed by atoms with Crippen LogP contribution in [0.15, 0.2) is 6.20 Å². The smallest absolute Gasteiger partial charge is 0.129 e. The standard InChI is InChI=1S/C5H7N2P/c1-2-4(1)5-3-6-8-7-5/h3-4H,1-2H2,(H,6,7). The van der Waals surface area contributed by atoms with Crippen molar-refractivity contribution in [1.29, 1.82) is 0 Å². The van der Waals surface area contributed by atoms with Crippen molar-refractivity contribution in [1.82, 2.24) is 9.49 Å². The van der Waals surface area contributed by atoms with Crippen molar-refractivity contribution >= 4 is 8.51 Å². The van der Waals surface area contributed by atoms with Crippen LogP contribution in [0.5, 0.6) is 0 Å². The summed E-state index contributed by atoms with van der Waals surface area (Å²) < 4.78 is 7.26. The Balaban J connectivity index is 2.28. The van der Waals surface area contributed by atoms with Crippen LogP contribution in [0, 0.1) is 0 Å².